The molecule has 7 heteroatoms. The maximum Gasteiger partial charge on any atom is 0.429 e. The Kier molecular flexibility index (Phi) is 2.82. The number of carbonyl (C=O) groups is 2. The van der Waals surface area contributed by atoms with Gasteiger partial charge in [0.05, 0.1) is 22.0 Å². The number of hydrogen-bond acceptors (Lipinski definition) is 4. The topological polar surface area (TPSA) is 85.0 Å². The highest BCUT2D eigenvalue weighted by Gasteiger charge is 2.64. The molecule has 1 aliphatic carbocycles. The van der Waals surface area contributed by atoms with E-state index in [1.165, 1.54) is 17.0 Å². The van der Waals surface area contributed by atoms with E-state index in [0.717, 1.165) is 24.2 Å². The van der Waals surface area contributed by atoms with Crippen molar-refractivity contribution in [3.05, 3.63) is 46.5 Å². The Labute approximate surface area is 143 Å². The molecule has 1 saturated carbocycles. The number of benzene rings is 2. The van der Waals surface area contributed by atoms with Gasteiger partial charge in [-0.1, -0.05) is 18.2 Å². The molecule has 7 nitrogen and oxygen atoms in total. The van der Waals surface area contributed by atoms with Crippen molar-refractivity contribution in [2.24, 2.45) is 5.92 Å². The maximum absolute atomic E-state index is 13.0. The lowest BCUT2D eigenvalue weighted by Crippen LogP contribution is -3.18. The van der Waals surface area contributed by atoms with Crippen molar-refractivity contribution in [2.45, 2.75) is 31.3 Å². The fraction of sp³-hybridized carbons (Fsp3) is 0.333. The second kappa shape index (κ2) is 4.86. The molecule has 2 aromatic carbocycles. The molecular formula is C18H16N3O4+. The first kappa shape index (κ1) is 14.5. The fourth-order valence-corrected chi connectivity index (χ4v) is 4.97. The summed E-state index contributed by atoms with van der Waals surface area (Å²) >= 11 is 0. The summed E-state index contributed by atoms with van der Waals surface area (Å²) in [5.41, 5.74) is 0.434. The van der Waals surface area contributed by atoms with Crippen LogP contribution >= 0.6 is 0 Å². The van der Waals surface area contributed by atoms with Gasteiger partial charge in [-0.3, -0.25) is 14.9 Å². The standard InChI is InChI=1S/C18H15N3O4/c22-17-16-10-5-6-11(9-10)19(16)18(23)20(17)14-7-8-15(21(24)25)13-4-2-1-3-12(13)14/h1-4,7-8,10-11,16H,5-6,9H2/p+1/t10?,11?,16-/m0/s1. The minimum absolute atomic E-state index is 0.0219. The number of amides is 3. The summed E-state index contributed by atoms with van der Waals surface area (Å²) in [6.45, 7) is 0. The van der Waals surface area contributed by atoms with Crippen molar-refractivity contribution in [2.75, 3.05) is 4.90 Å². The molecule has 1 N–H and O–H groups in total. The summed E-state index contributed by atoms with van der Waals surface area (Å²) in [4.78, 5) is 38.9. The van der Waals surface area contributed by atoms with Crippen LogP contribution in [0.15, 0.2) is 36.4 Å². The molecule has 2 aliphatic heterocycles. The summed E-state index contributed by atoms with van der Waals surface area (Å²) < 4.78 is 0. The summed E-state index contributed by atoms with van der Waals surface area (Å²) in [5, 5.41) is 12.3. The molecule has 3 amide bonds. The van der Waals surface area contributed by atoms with Crippen LogP contribution in [0.1, 0.15) is 19.3 Å². The van der Waals surface area contributed by atoms with Gasteiger partial charge in [-0.25, -0.2) is 9.69 Å². The highest BCUT2D eigenvalue weighted by atomic mass is 16.6. The quantitative estimate of drug-likeness (QED) is 0.513. The molecular weight excluding hydrogens is 322 g/mol. The normalized spacial score (nSPS) is 30.3. The molecule has 3 fully saturated rings. The van der Waals surface area contributed by atoms with Gasteiger partial charge < -0.3 is 0 Å². The lowest BCUT2D eigenvalue weighted by molar-refractivity contribution is -0.844. The molecule has 3 unspecified atom stereocenters. The van der Waals surface area contributed by atoms with Crippen LogP contribution < -0.4 is 9.80 Å². The Hall–Kier alpha value is -2.80. The molecule has 126 valence electrons. The van der Waals surface area contributed by atoms with Crippen LogP contribution in [0.4, 0.5) is 16.2 Å². The zero-order chi connectivity index (χ0) is 17.3. The summed E-state index contributed by atoms with van der Waals surface area (Å²) in [6.07, 6.45) is 2.95. The Balaban J connectivity index is 1.67. The molecule has 4 atom stereocenters. The Bertz CT molecular complexity index is 928. The zero-order valence-electron chi connectivity index (χ0n) is 13.3. The summed E-state index contributed by atoms with van der Waals surface area (Å²) in [7, 11) is 0. The number of carbonyl (C=O) groups excluding carboxylic acids is 2. The first-order chi connectivity index (χ1) is 12.1. The van der Waals surface area contributed by atoms with Gasteiger partial charge in [-0.2, -0.15) is 4.90 Å². The number of imide groups is 1. The van der Waals surface area contributed by atoms with Crippen molar-refractivity contribution in [1.82, 2.24) is 0 Å². The molecule has 0 radical (unpaired) electrons. The van der Waals surface area contributed by atoms with E-state index in [0.29, 0.717) is 16.5 Å². The Morgan fingerprint density at radius 1 is 1.08 bits per heavy atom. The number of rotatable bonds is 2. The minimum Gasteiger partial charge on any atom is -0.267 e. The van der Waals surface area contributed by atoms with Crippen molar-refractivity contribution in [3.8, 4) is 0 Å². The summed E-state index contributed by atoms with van der Waals surface area (Å²) in [5.74, 6) is 0.122. The minimum atomic E-state index is -0.441. The molecule has 2 bridgehead atoms. The Morgan fingerprint density at radius 3 is 2.56 bits per heavy atom. The van der Waals surface area contributed by atoms with Crippen molar-refractivity contribution >= 4 is 34.1 Å². The van der Waals surface area contributed by atoms with Gasteiger partial charge >= 0.3 is 6.03 Å². The highest BCUT2D eigenvalue weighted by Crippen LogP contribution is 2.39. The highest BCUT2D eigenvalue weighted by molar-refractivity contribution is 6.21. The van der Waals surface area contributed by atoms with Gasteiger partial charge in [0.1, 0.15) is 0 Å². The number of nitrogens with one attached hydrogen (secondary N) is 1. The first-order valence-electron chi connectivity index (χ1n) is 8.49. The van der Waals surface area contributed by atoms with E-state index in [1.54, 1.807) is 24.3 Å². The van der Waals surface area contributed by atoms with Gasteiger partial charge in [-0.05, 0) is 18.6 Å². The third-order valence-electron chi connectivity index (χ3n) is 5.97. The largest absolute Gasteiger partial charge is 0.429 e. The molecule has 0 aromatic heterocycles. The molecule has 2 heterocycles. The third kappa shape index (κ3) is 1.78. The van der Waals surface area contributed by atoms with Gasteiger partial charge in [0.25, 0.3) is 11.6 Å². The number of nitro benzene ring substituents is 1. The number of fused-ring (bicyclic) bond motifs is 6. The molecule has 2 aromatic rings. The molecule has 2 saturated heterocycles. The number of quaternary nitrogens is 1. The monoisotopic (exact) mass is 338 g/mol. The lowest BCUT2D eigenvalue weighted by atomic mass is 9.99. The molecule has 5 rings (SSSR count). The number of anilines is 1. The maximum atomic E-state index is 13.0. The second-order valence-electron chi connectivity index (χ2n) is 7.09. The van der Waals surface area contributed by atoms with E-state index in [2.05, 4.69) is 0 Å². The number of non-ortho nitro benzene ring substituents is 1. The average molecular weight is 338 g/mol. The van der Waals surface area contributed by atoms with Gasteiger partial charge in [-0.15, -0.1) is 0 Å². The van der Waals surface area contributed by atoms with Crippen LogP contribution in [0.2, 0.25) is 0 Å². The van der Waals surface area contributed by atoms with Gasteiger partial charge in [0.2, 0.25) is 0 Å². The molecule has 0 spiro atoms. The van der Waals surface area contributed by atoms with E-state index >= 15 is 0 Å². The third-order valence-corrected chi connectivity index (χ3v) is 5.97. The van der Waals surface area contributed by atoms with Gasteiger partial charge in [0.15, 0.2) is 6.04 Å². The van der Waals surface area contributed by atoms with Gasteiger partial charge in [0, 0.05) is 30.2 Å². The summed E-state index contributed by atoms with van der Waals surface area (Å²) in [6, 6.07) is 9.52. The van der Waals surface area contributed by atoms with E-state index in [4.69, 9.17) is 0 Å². The number of hydrogen-bond donors (Lipinski definition) is 1. The van der Waals surface area contributed by atoms with Crippen LogP contribution in [0.25, 0.3) is 10.8 Å². The van der Waals surface area contributed by atoms with Crippen LogP contribution in [0.3, 0.4) is 0 Å². The fourth-order valence-electron chi connectivity index (χ4n) is 4.97. The smallest absolute Gasteiger partial charge is 0.267 e. The van der Waals surface area contributed by atoms with Crippen molar-refractivity contribution in [1.29, 1.82) is 0 Å². The average Bonchev–Trinajstić information content (AvgIpc) is 3.28. The number of urea groups is 1. The van der Waals surface area contributed by atoms with Crippen LogP contribution in [-0.2, 0) is 4.79 Å². The predicted molar refractivity (Wildman–Crippen MR) is 89.4 cm³/mol. The first-order valence-corrected chi connectivity index (χ1v) is 8.49. The number of piperidine rings is 1. The van der Waals surface area contributed by atoms with E-state index in [9.17, 15) is 19.7 Å². The van der Waals surface area contributed by atoms with E-state index in [-0.39, 0.29) is 35.6 Å². The number of nitro groups is 1. The molecule has 3 aliphatic rings. The lowest BCUT2D eigenvalue weighted by Gasteiger charge is -2.20. The van der Waals surface area contributed by atoms with Crippen molar-refractivity contribution < 1.29 is 19.4 Å². The van der Waals surface area contributed by atoms with E-state index in [1.807, 2.05) is 0 Å². The van der Waals surface area contributed by atoms with Crippen LogP contribution in [0, 0.1) is 16.0 Å². The Morgan fingerprint density at radius 2 is 1.84 bits per heavy atom. The zero-order valence-corrected chi connectivity index (χ0v) is 13.3. The predicted octanol–water partition coefficient (Wildman–Crippen LogP) is 1.65. The molecule has 25 heavy (non-hydrogen) atoms. The van der Waals surface area contributed by atoms with Crippen LogP contribution in [0.5, 0.6) is 0 Å². The second-order valence-corrected chi connectivity index (χ2v) is 7.09. The van der Waals surface area contributed by atoms with Crippen LogP contribution in [-0.4, -0.2) is 28.9 Å². The number of nitrogens with zero attached hydrogens (tertiary/aromatic N) is 2. The van der Waals surface area contributed by atoms with E-state index < -0.39 is 4.92 Å². The van der Waals surface area contributed by atoms with Crippen molar-refractivity contribution in [3.63, 3.8) is 0 Å². The SMILES string of the molecule is O=C1[C@@H]2C3CCC(C3)[NH+]2C(=O)N1c1ccc([N+](=O)[O-])c2ccccc12.